The molecule has 2 atom stereocenters. The number of hydrogen-bond donors (Lipinski definition) is 3. The highest BCUT2D eigenvalue weighted by Gasteiger charge is 2.38. The number of alkyl carbamates (subject to hydrolysis) is 1. The van der Waals surface area contributed by atoms with Crippen molar-refractivity contribution in [1.29, 1.82) is 0 Å². The predicted octanol–water partition coefficient (Wildman–Crippen LogP) is 5.15. The number of nitrogens with two attached hydrogens (primary N) is 1. The van der Waals surface area contributed by atoms with Gasteiger partial charge in [0.2, 0.25) is 0 Å². The molecule has 0 saturated heterocycles. The molecule has 2 aliphatic rings. The molecule has 2 heterocycles. The molecule has 0 fully saturated rings. The van der Waals surface area contributed by atoms with E-state index in [0.29, 0.717) is 32.9 Å². The Bertz CT molecular complexity index is 1370. The van der Waals surface area contributed by atoms with E-state index in [4.69, 9.17) is 20.0 Å². The number of nitrogens with one attached hydrogen (secondary N) is 1. The first-order chi connectivity index (χ1) is 19.3. The summed E-state index contributed by atoms with van der Waals surface area (Å²) in [5, 5.41) is 13.5. The Morgan fingerprint density at radius 3 is 1.95 bits per heavy atom. The zero-order valence-corrected chi connectivity index (χ0v) is 27.2. The van der Waals surface area contributed by atoms with Crippen molar-refractivity contribution in [3.8, 4) is 0 Å². The largest absolute Gasteiger partial charge is 0.534 e. The molecule has 0 saturated carbocycles. The Labute approximate surface area is 260 Å². The highest BCUT2D eigenvalue weighted by Crippen LogP contribution is 2.32. The molecule has 2 aliphatic heterocycles. The first kappa shape index (κ1) is 33.3. The molecule has 0 bridgehead atoms. The van der Waals surface area contributed by atoms with E-state index in [1.807, 2.05) is 12.1 Å². The quantitative estimate of drug-likeness (QED) is 0.282. The number of rotatable bonds is 2. The standard InChI is InChI=1S/C19H25BrN2O6.C9H9BrN2O2/c1-18(2,3)26-16(24)21-13-9-11-7-8-12(20)10-14(11)22(15(13)23)28-17(25)27-19(4,5)6;10-6-2-1-5-3-7(11)9(13)12(14)8(5)4-6/h7-8,10,13H,9H2,1-6H3,(H,21,24);1-2,4,7,14H,3,11H2/t13-;7-/m00/s1. The molecule has 3 amide bonds. The van der Waals surface area contributed by atoms with E-state index < -0.39 is 47.3 Å². The molecular formula is C28H34Br2N4O8. The van der Waals surface area contributed by atoms with E-state index in [1.165, 1.54) is 0 Å². The van der Waals surface area contributed by atoms with Gasteiger partial charge in [-0.25, -0.2) is 9.59 Å². The topological polar surface area (TPSA) is 161 Å². The highest BCUT2D eigenvalue weighted by molar-refractivity contribution is 9.10. The molecule has 0 aliphatic carbocycles. The number of nitrogens with zero attached hydrogens (tertiary/aromatic N) is 2. The monoisotopic (exact) mass is 712 g/mol. The molecule has 2 aromatic carbocycles. The number of carbonyl (C=O) groups excluding carboxylic acids is 4. The normalized spacial score (nSPS) is 18.2. The van der Waals surface area contributed by atoms with Crippen molar-refractivity contribution in [1.82, 2.24) is 5.32 Å². The fourth-order valence-corrected chi connectivity index (χ4v) is 4.67. The van der Waals surface area contributed by atoms with E-state index in [9.17, 15) is 24.4 Å². The smallest absolute Gasteiger partial charge is 0.444 e. The van der Waals surface area contributed by atoms with Gasteiger partial charge in [0.05, 0.1) is 17.4 Å². The summed E-state index contributed by atoms with van der Waals surface area (Å²) in [7, 11) is 0. The third-order valence-corrected chi connectivity index (χ3v) is 6.66. The molecule has 228 valence electrons. The number of benzene rings is 2. The van der Waals surface area contributed by atoms with Gasteiger partial charge in [0.15, 0.2) is 0 Å². The summed E-state index contributed by atoms with van der Waals surface area (Å²) in [5.74, 6) is -1.07. The third-order valence-electron chi connectivity index (χ3n) is 5.68. The number of amides is 3. The SMILES string of the molecule is CC(C)(C)OC(=O)N[C@H]1Cc2ccc(Br)cc2N(OC(=O)OC(C)(C)C)C1=O.N[C@H]1Cc2ccc(Br)cc2N(O)C1=O. The van der Waals surface area contributed by atoms with Crippen LogP contribution >= 0.6 is 31.9 Å². The number of anilines is 2. The van der Waals surface area contributed by atoms with Gasteiger partial charge in [-0.15, -0.1) is 5.06 Å². The van der Waals surface area contributed by atoms with Gasteiger partial charge in [-0.1, -0.05) is 44.0 Å². The van der Waals surface area contributed by atoms with Crippen molar-refractivity contribution in [2.75, 3.05) is 10.1 Å². The van der Waals surface area contributed by atoms with E-state index in [0.717, 1.165) is 15.1 Å². The summed E-state index contributed by atoms with van der Waals surface area (Å²) in [6.07, 6.45) is -1.05. The molecule has 0 aromatic heterocycles. The van der Waals surface area contributed by atoms with Crippen molar-refractivity contribution >= 4 is 67.3 Å². The summed E-state index contributed by atoms with van der Waals surface area (Å²) in [6, 6.07) is 9.02. The molecule has 12 nitrogen and oxygen atoms in total. The fourth-order valence-electron chi connectivity index (χ4n) is 3.97. The Hall–Kier alpha value is -3.20. The van der Waals surface area contributed by atoms with E-state index >= 15 is 0 Å². The summed E-state index contributed by atoms with van der Waals surface area (Å²) in [5.41, 5.74) is 6.55. The summed E-state index contributed by atoms with van der Waals surface area (Å²) in [4.78, 5) is 53.7. The van der Waals surface area contributed by atoms with Crippen LogP contribution in [0.1, 0.15) is 52.7 Å². The van der Waals surface area contributed by atoms with E-state index in [2.05, 4.69) is 37.2 Å². The predicted molar refractivity (Wildman–Crippen MR) is 161 cm³/mol. The molecule has 4 N–H and O–H groups in total. The lowest BCUT2D eigenvalue weighted by molar-refractivity contribution is -0.128. The highest BCUT2D eigenvalue weighted by atomic mass is 79.9. The number of hydrogen-bond acceptors (Lipinski definition) is 9. The number of fused-ring (bicyclic) bond motifs is 2. The minimum Gasteiger partial charge on any atom is -0.444 e. The first-order valence-electron chi connectivity index (χ1n) is 12.9. The van der Waals surface area contributed by atoms with Crippen LogP contribution in [0.2, 0.25) is 0 Å². The maximum Gasteiger partial charge on any atom is 0.534 e. The fraction of sp³-hybridized carbons (Fsp3) is 0.429. The number of hydroxylamine groups is 2. The van der Waals surface area contributed by atoms with Crippen molar-refractivity contribution in [3.63, 3.8) is 0 Å². The van der Waals surface area contributed by atoms with Gasteiger partial charge in [-0.3, -0.25) is 19.6 Å². The van der Waals surface area contributed by atoms with E-state index in [1.54, 1.807) is 65.8 Å². The van der Waals surface area contributed by atoms with Crippen LogP contribution in [0.25, 0.3) is 0 Å². The van der Waals surface area contributed by atoms with Crippen LogP contribution in [0.3, 0.4) is 0 Å². The second kappa shape index (κ2) is 13.0. The Morgan fingerprint density at radius 2 is 1.40 bits per heavy atom. The third kappa shape index (κ3) is 8.90. The van der Waals surface area contributed by atoms with Crippen molar-refractivity contribution in [2.24, 2.45) is 5.73 Å². The first-order valence-corrected chi connectivity index (χ1v) is 14.5. The second-order valence-electron chi connectivity index (χ2n) is 11.6. The average molecular weight is 714 g/mol. The van der Waals surface area contributed by atoms with Crippen LogP contribution in [0, 0.1) is 0 Å². The van der Waals surface area contributed by atoms with E-state index in [-0.39, 0.29) is 6.42 Å². The summed E-state index contributed by atoms with van der Waals surface area (Å²) >= 11 is 6.61. The molecule has 0 unspecified atom stereocenters. The maximum atomic E-state index is 12.9. The Morgan fingerprint density at radius 1 is 0.881 bits per heavy atom. The van der Waals surface area contributed by atoms with Crippen molar-refractivity contribution < 1.29 is 38.7 Å². The van der Waals surface area contributed by atoms with Crippen LogP contribution in [0.5, 0.6) is 0 Å². The number of halogens is 2. The lowest BCUT2D eigenvalue weighted by atomic mass is 9.99. The number of ether oxygens (including phenoxy) is 2. The van der Waals surface area contributed by atoms with Crippen molar-refractivity contribution in [2.45, 2.75) is 77.7 Å². The minimum atomic E-state index is -1.02. The van der Waals surface area contributed by atoms with Crippen LogP contribution in [-0.4, -0.2) is 52.6 Å². The maximum absolute atomic E-state index is 12.9. The van der Waals surface area contributed by atoms with Crippen molar-refractivity contribution in [3.05, 3.63) is 56.5 Å². The van der Waals surface area contributed by atoms with Crippen LogP contribution in [-0.2, 0) is 36.7 Å². The lowest BCUT2D eigenvalue weighted by Crippen LogP contribution is -2.54. The number of carbonyl (C=O) groups is 4. The second-order valence-corrected chi connectivity index (χ2v) is 13.4. The van der Waals surface area contributed by atoms with Crippen LogP contribution < -0.4 is 21.2 Å². The van der Waals surface area contributed by atoms with Gasteiger partial charge in [0.1, 0.15) is 17.2 Å². The zero-order valence-electron chi connectivity index (χ0n) is 24.1. The minimum absolute atomic E-state index is 0.231. The average Bonchev–Trinajstić information content (AvgIpc) is 2.84. The van der Waals surface area contributed by atoms with Gasteiger partial charge in [0.25, 0.3) is 11.8 Å². The van der Waals surface area contributed by atoms with Gasteiger partial charge >= 0.3 is 12.2 Å². The van der Waals surface area contributed by atoms with Gasteiger partial charge in [-0.05, 0) is 83.4 Å². The molecule has 42 heavy (non-hydrogen) atoms. The summed E-state index contributed by atoms with van der Waals surface area (Å²) < 4.78 is 11.9. The lowest BCUT2D eigenvalue weighted by Gasteiger charge is -2.33. The van der Waals surface area contributed by atoms with Crippen LogP contribution in [0.4, 0.5) is 21.0 Å². The molecule has 4 rings (SSSR count). The zero-order chi connectivity index (χ0) is 31.6. The summed E-state index contributed by atoms with van der Waals surface area (Å²) in [6.45, 7) is 10.2. The van der Waals surface area contributed by atoms with Crippen LogP contribution in [0.15, 0.2) is 45.3 Å². The Kier molecular flexibility index (Phi) is 10.3. The van der Waals surface area contributed by atoms with Gasteiger partial charge in [0, 0.05) is 15.4 Å². The molecular weight excluding hydrogens is 680 g/mol. The molecule has 0 spiro atoms. The molecule has 14 heteroatoms. The van der Waals surface area contributed by atoms with Gasteiger partial charge < -0.3 is 20.5 Å². The molecule has 0 radical (unpaired) electrons. The van der Waals surface area contributed by atoms with Gasteiger partial charge in [-0.2, -0.15) is 5.06 Å². The Balaban J connectivity index is 0.000000287. The molecule has 2 aromatic rings.